The van der Waals surface area contributed by atoms with Crippen LogP contribution in [-0.4, -0.2) is 50.1 Å². The van der Waals surface area contributed by atoms with Crippen LogP contribution in [0, 0.1) is 0 Å². The van der Waals surface area contributed by atoms with Crippen molar-refractivity contribution in [1.29, 1.82) is 0 Å². The number of piperidine rings is 1. The molecule has 6 nitrogen and oxygen atoms in total. The smallest absolute Gasteiger partial charge is 0.222 e. The van der Waals surface area contributed by atoms with Crippen LogP contribution in [0.25, 0.3) is 0 Å². The Kier molecular flexibility index (Phi) is 7.10. The second kappa shape index (κ2) is 9.30. The number of likely N-dealkylation sites (tertiary alicyclic amines) is 1. The normalized spacial score (nSPS) is 14.9. The molecule has 138 valence electrons. The fourth-order valence-electron chi connectivity index (χ4n) is 3.09. The lowest BCUT2D eigenvalue weighted by molar-refractivity contribution is -0.132. The molecule has 1 aliphatic rings. The fourth-order valence-corrected chi connectivity index (χ4v) is 3.09. The SMILES string of the molecule is CCC(=O)N1CCC(NC(=O)CCc2ccc(OC)c(OC)c2)CC1. The second-order valence-corrected chi connectivity index (χ2v) is 6.27. The van der Waals surface area contributed by atoms with Gasteiger partial charge < -0.3 is 19.7 Å². The standard InChI is InChI=1S/C19H28N2O4/c1-4-19(23)21-11-9-15(10-12-21)20-18(22)8-6-14-5-7-16(24-2)17(13-14)25-3/h5,7,13,15H,4,6,8-12H2,1-3H3,(H,20,22). The Labute approximate surface area is 149 Å². The molecule has 2 amide bonds. The maximum atomic E-state index is 12.2. The lowest BCUT2D eigenvalue weighted by atomic mass is 10.0. The number of carbonyl (C=O) groups excluding carboxylic acids is 2. The van der Waals surface area contributed by atoms with E-state index in [1.54, 1.807) is 14.2 Å². The molecule has 0 saturated carbocycles. The first-order valence-corrected chi connectivity index (χ1v) is 8.85. The van der Waals surface area contributed by atoms with Crippen molar-refractivity contribution in [3.63, 3.8) is 0 Å². The van der Waals surface area contributed by atoms with E-state index < -0.39 is 0 Å². The quantitative estimate of drug-likeness (QED) is 0.820. The summed E-state index contributed by atoms with van der Waals surface area (Å²) in [6.07, 6.45) is 3.28. The van der Waals surface area contributed by atoms with E-state index in [0.717, 1.165) is 31.5 Å². The first-order valence-electron chi connectivity index (χ1n) is 8.85. The Morgan fingerprint density at radius 2 is 1.84 bits per heavy atom. The zero-order valence-electron chi connectivity index (χ0n) is 15.3. The number of amides is 2. The summed E-state index contributed by atoms with van der Waals surface area (Å²) in [7, 11) is 3.20. The van der Waals surface area contributed by atoms with Crippen LogP contribution in [0.1, 0.15) is 38.2 Å². The van der Waals surface area contributed by atoms with Gasteiger partial charge in [-0.05, 0) is 37.0 Å². The molecule has 1 saturated heterocycles. The van der Waals surface area contributed by atoms with Crippen molar-refractivity contribution in [2.45, 2.75) is 45.1 Å². The fraction of sp³-hybridized carbons (Fsp3) is 0.579. The highest BCUT2D eigenvalue weighted by atomic mass is 16.5. The van der Waals surface area contributed by atoms with Gasteiger partial charge in [0, 0.05) is 32.0 Å². The number of hydrogen-bond acceptors (Lipinski definition) is 4. The third-order valence-electron chi connectivity index (χ3n) is 4.60. The van der Waals surface area contributed by atoms with Crippen molar-refractivity contribution in [1.82, 2.24) is 10.2 Å². The lowest BCUT2D eigenvalue weighted by Gasteiger charge is -2.32. The third-order valence-corrected chi connectivity index (χ3v) is 4.60. The van der Waals surface area contributed by atoms with E-state index >= 15 is 0 Å². The summed E-state index contributed by atoms with van der Waals surface area (Å²) in [5.74, 6) is 1.60. The Balaban J connectivity index is 1.77. The second-order valence-electron chi connectivity index (χ2n) is 6.27. The van der Waals surface area contributed by atoms with Crippen LogP contribution in [0.2, 0.25) is 0 Å². The highest BCUT2D eigenvalue weighted by molar-refractivity contribution is 5.77. The number of aryl methyl sites for hydroxylation is 1. The highest BCUT2D eigenvalue weighted by Crippen LogP contribution is 2.27. The molecule has 0 radical (unpaired) electrons. The van der Waals surface area contributed by atoms with E-state index in [4.69, 9.17) is 9.47 Å². The molecule has 1 N–H and O–H groups in total. The largest absolute Gasteiger partial charge is 0.493 e. The molecule has 0 atom stereocenters. The molecule has 25 heavy (non-hydrogen) atoms. The molecule has 1 fully saturated rings. The summed E-state index contributed by atoms with van der Waals surface area (Å²) in [5.41, 5.74) is 1.04. The summed E-state index contributed by atoms with van der Waals surface area (Å²) >= 11 is 0. The van der Waals surface area contributed by atoms with Crippen molar-refractivity contribution < 1.29 is 19.1 Å². The number of hydrogen-bond donors (Lipinski definition) is 1. The van der Waals surface area contributed by atoms with Gasteiger partial charge in [-0.15, -0.1) is 0 Å². The van der Waals surface area contributed by atoms with Gasteiger partial charge in [0.15, 0.2) is 11.5 Å². The van der Waals surface area contributed by atoms with Crippen LogP contribution < -0.4 is 14.8 Å². The van der Waals surface area contributed by atoms with Crippen LogP contribution >= 0.6 is 0 Å². The minimum absolute atomic E-state index is 0.0510. The molecular formula is C19H28N2O4. The number of nitrogens with one attached hydrogen (secondary N) is 1. The van der Waals surface area contributed by atoms with Gasteiger partial charge in [0.05, 0.1) is 14.2 Å². The summed E-state index contributed by atoms with van der Waals surface area (Å²) < 4.78 is 10.5. The number of methoxy groups -OCH3 is 2. The monoisotopic (exact) mass is 348 g/mol. The Morgan fingerprint density at radius 1 is 1.16 bits per heavy atom. The van der Waals surface area contributed by atoms with Crippen molar-refractivity contribution in [3.05, 3.63) is 23.8 Å². The first kappa shape index (κ1) is 19.1. The van der Waals surface area contributed by atoms with Crippen molar-refractivity contribution >= 4 is 11.8 Å². The highest BCUT2D eigenvalue weighted by Gasteiger charge is 2.22. The summed E-state index contributed by atoms with van der Waals surface area (Å²) in [6.45, 7) is 3.34. The zero-order chi connectivity index (χ0) is 18.2. The Morgan fingerprint density at radius 3 is 2.44 bits per heavy atom. The Bertz CT molecular complexity index is 595. The molecule has 0 aliphatic carbocycles. The first-order chi connectivity index (χ1) is 12.1. The minimum Gasteiger partial charge on any atom is -0.493 e. The van der Waals surface area contributed by atoms with Gasteiger partial charge in [0.1, 0.15) is 0 Å². The topological polar surface area (TPSA) is 67.9 Å². The summed E-state index contributed by atoms with van der Waals surface area (Å²) in [6, 6.07) is 5.87. The van der Waals surface area contributed by atoms with Gasteiger partial charge in [-0.2, -0.15) is 0 Å². The minimum atomic E-state index is 0.0510. The van der Waals surface area contributed by atoms with Gasteiger partial charge in [0.2, 0.25) is 11.8 Å². The van der Waals surface area contributed by atoms with E-state index in [0.29, 0.717) is 30.8 Å². The summed E-state index contributed by atoms with van der Waals surface area (Å²) in [5, 5.41) is 3.08. The van der Waals surface area contributed by atoms with E-state index in [9.17, 15) is 9.59 Å². The van der Waals surface area contributed by atoms with Gasteiger partial charge >= 0.3 is 0 Å². The van der Waals surface area contributed by atoms with Crippen molar-refractivity contribution in [2.75, 3.05) is 27.3 Å². The number of nitrogens with zero attached hydrogens (tertiary/aromatic N) is 1. The van der Waals surface area contributed by atoms with Crippen LogP contribution in [0.4, 0.5) is 0 Å². The molecule has 2 rings (SSSR count). The predicted octanol–water partition coefficient (Wildman–Crippen LogP) is 2.15. The van der Waals surface area contributed by atoms with Gasteiger partial charge in [-0.3, -0.25) is 9.59 Å². The lowest BCUT2D eigenvalue weighted by Crippen LogP contribution is -2.46. The molecule has 1 aromatic rings. The number of rotatable bonds is 7. The van der Waals surface area contributed by atoms with Crippen LogP contribution in [0.5, 0.6) is 11.5 Å². The maximum Gasteiger partial charge on any atom is 0.222 e. The van der Waals surface area contributed by atoms with Gasteiger partial charge in [-0.1, -0.05) is 13.0 Å². The van der Waals surface area contributed by atoms with Crippen molar-refractivity contribution in [3.8, 4) is 11.5 Å². The number of ether oxygens (including phenoxy) is 2. The molecule has 6 heteroatoms. The van der Waals surface area contributed by atoms with E-state index in [2.05, 4.69) is 5.32 Å². The molecule has 0 bridgehead atoms. The van der Waals surface area contributed by atoms with Gasteiger partial charge in [-0.25, -0.2) is 0 Å². The molecule has 1 aliphatic heterocycles. The third kappa shape index (κ3) is 5.37. The van der Waals surface area contributed by atoms with E-state index in [1.807, 2.05) is 30.0 Å². The molecule has 1 heterocycles. The molecule has 0 unspecified atom stereocenters. The van der Waals surface area contributed by atoms with Crippen LogP contribution in [-0.2, 0) is 16.0 Å². The number of carbonyl (C=O) groups is 2. The van der Waals surface area contributed by atoms with E-state index in [1.165, 1.54) is 0 Å². The average molecular weight is 348 g/mol. The zero-order valence-corrected chi connectivity index (χ0v) is 15.3. The number of benzene rings is 1. The Hall–Kier alpha value is -2.24. The summed E-state index contributed by atoms with van der Waals surface area (Å²) in [4.78, 5) is 25.7. The molecule has 0 spiro atoms. The van der Waals surface area contributed by atoms with Crippen LogP contribution in [0.3, 0.4) is 0 Å². The average Bonchev–Trinajstić information content (AvgIpc) is 2.66. The molecular weight excluding hydrogens is 320 g/mol. The molecule has 1 aromatic carbocycles. The van der Waals surface area contributed by atoms with E-state index in [-0.39, 0.29) is 17.9 Å². The van der Waals surface area contributed by atoms with Crippen molar-refractivity contribution in [2.24, 2.45) is 0 Å². The molecule has 0 aromatic heterocycles. The van der Waals surface area contributed by atoms with Crippen LogP contribution in [0.15, 0.2) is 18.2 Å². The predicted molar refractivity (Wildman–Crippen MR) is 95.9 cm³/mol. The van der Waals surface area contributed by atoms with Gasteiger partial charge in [0.25, 0.3) is 0 Å². The maximum absolute atomic E-state index is 12.2.